The molecule has 1 fully saturated rings. The molecule has 2 heterocycles. The van der Waals surface area contributed by atoms with Crippen molar-refractivity contribution in [2.45, 2.75) is 25.9 Å². The SMILES string of the molecule is CC(=O)OS(=O)(=O)N(C/C=C/c1cccc(C(=N)N)c1)c1ccc(OC2CCN(c3ccncc3)CC2)c(Cl)c1.Cl.Cl. The number of aromatic nitrogens is 1. The van der Waals surface area contributed by atoms with Crippen LogP contribution in [0.2, 0.25) is 5.02 Å². The number of hydrogen-bond acceptors (Lipinski definition) is 8. The number of amidine groups is 1. The summed E-state index contributed by atoms with van der Waals surface area (Å²) in [5, 5.41) is 7.82. The van der Waals surface area contributed by atoms with Gasteiger partial charge in [-0.1, -0.05) is 42.0 Å². The van der Waals surface area contributed by atoms with Crippen molar-refractivity contribution >= 4 is 76.0 Å². The van der Waals surface area contributed by atoms with Crippen molar-refractivity contribution in [1.29, 1.82) is 5.41 Å². The molecular formula is C28H32Cl3N5O5S. The molecule has 0 amide bonds. The molecule has 0 spiro atoms. The van der Waals surface area contributed by atoms with E-state index in [1.165, 1.54) is 6.07 Å². The van der Waals surface area contributed by atoms with Crippen LogP contribution >= 0.6 is 36.4 Å². The number of nitrogens with two attached hydrogens (primary N) is 1. The standard InChI is InChI=1S/C28H30ClN5O5S.2ClH/c1-20(35)39-40(36,37)34(15-3-5-21-4-2-6-22(18-21)28(30)31)24-7-8-27(26(29)19-24)38-25-11-16-33(17-12-25)23-9-13-32-14-10-23;;/h2-10,13-14,18-19,25H,11-12,15-17H2,1H3,(H3,30,31);2*1H/b5-3+;;. The van der Waals surface area contributed by atoms with Crippen molar-refractivity contribution in [3.05, 3.63) is 89.2 Å². The summed E-state index contributed by atoms with van der Waals surface area (Å²) in [6.07, 6.45) is 8.36. The van der Waals surface area contributed by atoms with Gasteiger partial charge in [0.25, 0.3) is 0 Å². The number of nitrogens with one attached hydrogen (secondary N) is 1. The molecule has 2 aromatic carbocycles. The van der Waals surface area contributed by atoms with Crippen molar-refractivity contribution in [3.8, 4) is 5.75 Å². The monoisotopic (exact) mass is 655 g/mol. The van der Waals surface area contributed by atoms with Gasteiger partial charge in [0.2, 0.25) is 0 Å². The number of hydrogen-bond donors (Lipinski definition) is 2. The number of ether oxygens (including phenoxy) is 1. The Morgan fingerprint density at radius 1 is 1.14 bits per heavy atom. The number of carbonyl (C=O) groups is 1. The molecule has 1 saturated heterocycles. The summed E-state index contributed by atoms with van der Waals surface area (Å²) in [4.78, 5) is 17.9. The molecule has 0 aliphatic carbocycles. The summed E-state index contributed by atoms with van der Waals surface area (Å²) in [5.41, 5.74) is 8.12. The predicted octanol–water partition coefficient (Wildman–Crippen LogP) is 5.24. The Balaban J connectivity index is 0.00000308. The van der Waals surface area contributed by atoms with E-state index in [0.29, 0.717) is 16.9 Å². The lowest BCUT2D eigenvalue weighted by atomic mass is 10.1. The molecule has 4 rings (SSSR count). The predicted molar refractivity (Wildman–Crippen MR) is 171 cm³/mol. The highest BCUT2D eigenvalue weighted by atomic mass is 35.5. The Bertz CT molecular complexity index is 1500. The summed E-state index contributed by atoms with van der Waals surface area (Å²) < 4.78 is 37.6. The lowest BCUT2D eigenvalue weighted by Gasteiger charge is -2.33. The molecule has 0 unspecified atom stereocenters. The van der Waals surface area contributed by atoms with Crippen LogP contribution in [0, 0.1) is 5.41 Å². The van der Waals surface area contributed by atoms with Crippen LogP contribution in [0.4, 0.5) is 11.4 Å². The summed E-state index contributed by atoms with van der Waals surface area (Å²) in [6.45, 7) is 2.51. The second-order valence-corrected chi connectivity index (χ2v) is 11.0. The molecule has 10 nitrogen and oxygen atoms in total. The highest BCUT2D eigenvalue weighted by Crippen LogP contribution is 2.33. The Hall–Kier alpha value is -3.51. The van der Waals surface area contributed by atoms with Crippen LogP contribution in [0.25, 0.3) is 6.08 Å². The summed E-state index contributed by atoms with van der Waals surface area (Å²) in [6, 6.07) is 15.5. The number of halogens is 3. The van der Waals surface area contributed by atoms with E-state index in [9.17, 15) is 13.2 Å². The van der Waals surface area contributed by atoms with E-state index in [0.717, 1.165) is 42.8 Å². The number of carbonyl (C=O) groups excluding carboxylic acids is 1. The van der Waals surface area contributed by atoms with Gasteiger partial charge in [-0.3, -0.25) is 15.2 Å². The van der Waals surface area contributed by atoms with Crippen molar-refractivity contribution < 1.29 is 22.1 Å². The van der Waals surface area contributed by atoms with Gasteiger partial charge in [0, 0.05) is 56.5 Å². The average Bonchev–Trinajstić information content (AvgIpc) is 2.92. The number of piperidine rings is 1. The quantitative estimate of drug-likeness (QED) is 0.223. The molecule has 3 aromatic rings. The fourth-order valence-corrected chi connectivity index (χ4v) is 5.57. The molecule has 42 heavy (non-hydrogen) atoms. The molecule has 1 aromatic heterocycles. The van der Waals surface area contributed by atoms with E-state index < -0.39 is 16.3 Å². The van der Waals surface area contributed by atoms with Crippen LogP contribution in [0.3, 0.4) is 0 Å². The van der Waals surface area contributed by atoms with E-state index in [4.69, 9.17) is 27.5 Å². The van der Waals surface area contributed by atoms with Crippen LogP contribution in [0.15, 0.2) is 73.1 Å². The van der Waals surface area contributed by atoms with Gasteiger partial charge in [0.05, 0.1) is 17.3 Å². The lowest BCUT2D eigenvalue weighted by molar-refractivity contribution is -0.131. The molecule has 3 N–H and O–H groups in total. The van der Waals surface area contributed by atoms with Gasteiger partial charge in [-0.05, 0) is 42.0 Å². The molecule has 0 bridgehead atoms. The van der Waals surface area contributed by atoms with Crippen molar-refractivity contribution in [2.24, 2.45) is 5.73 Å². The van der Waals surface area contributed by atoms with Crippen LogP contribution in [0.5, 0.6) is 5.75 Å². The molecule has 0 atom stereocenters. The average molecular weight is 657 g/mol. The van der Waals surface area contributed by atoms with Gasteiger partial charge < -0.3 is 19.6 Å². The maximum atomic E-state index is 12.9. The van der Waals surface area contributed by atoms with Gasteiger partial charge in [-0.25, -0.2) is 4.31 Å². The maximum absolute atomic E-state index is 12.9. The van der Waals surface area contributed by atoms with Gasteiger partial charge in [-0.2, -0.15) is 8.42 Å². The van der Waals surface area contributed by atoms with Crippen molar-refractivity contribution in [3.63, 3.8) is 0 Å². The normalized spacial score (nSPS) is 13.5. The minimum absolute atomic E-state index is 0. The van der Waals surface area contributed by atoms with E-state index in [1.807, 2.05) is 12.1 Å². The van der Waals surface area contributed by atoms with E-state index >= 15 is 0 Å². The number of pyridine rings is 1. The summed E-state index contributed by atoms with van der Waals surface area (Å²) in [5.74, 6) is -0.605. The maximum Gasteiger partial charge on any atom is 0.412 e. The molecular weight excluding hydrogens is 625 g/mol. The Kier molecular flexibility index (Phi) is 12.9. The first-order valence-electron chi connectivity index (χ1n) is 12.6. The van der Waals surface area contributed by atoms with Crippen LogP contribution in [-0.2, 0) is 19.3 Å². The largest absolute Gasteiger partial charge is 0.489 e. The summed E-state index contributed by atoms with van der Waals surface area (Å²) >= 11 is 6.53. The Labute approximate surface area is 263 Å². The van der Waals surface area contributed by atoms with Crippen LogP contribution in [0.1, 0.15) is 30.9 Å². The van der Waals surface area contributed by atoms with Crippen molar-refractivity contribution in [2.75, 3.05) is 28.8 Å². The third-order valence-electron chi connectivity index (χ3n) is 6.24. The summed E-state index contributed by atoms with van der Waals surface area (Å²) in [7, 11) is -4.47. The van der Waals surface area contributed by atoms with E-state index in [-0.39, 0.29) is 54.0 Å². The second-order valence-electron chi connectivity index (χ2n) is 9.13. The first-order chi connectivity index (χ1) is 19.1. The molecule has 1 aliphatic rings. The molecule has 0 saturated carbocycles. The molecule has 1 aliphatic heterocycles. The minimum atomic E-state index is -4.47. The zero-order chi connectivity index (χ0) is 28.7. The Morgan fingerprint density at radius 3 is 2.45 bits per heavy atom. The molecule has 0 radical (unpaired) electrons. The lowest BCUT2D eigenvalue weighted by Crippen LogP contribution is -2.38. The number of benzene rings is 2. The third kappa shape index (κ3) is 9.25. The van der Waals surface area contributed by atoms with Crippen LogP contribution < -0.4 is 19.7 Å². The van der Waals surface area contributed by atoms with Gasteiger partial charge >= 0.3 is 16.3 Å². The van der Waals surface area contributed by atoms with Crippen molar-refractivity contribution in [1.82, 2.24) is 4.98 Å². The first-order valence-corrected chi connectivity index (χ1v) is 14.3. The number of rotatable bonds is 10. The van der Waals surface area contributed by atoms with Crippen LogP contribution in [-0.4, -0.2) is 50.9 Å². The Morgan fingerprint density at radius 2 is 1.83 bits per heavy atom. The highest BCUT2D eigenvalue weighted by Gasteiger charge is 2.27. The fourth-order valence-electron chi connectivity index (χ4n) is 4.32. The van der Waals surface area contributed by atoms with E-state index in [2.05, 4.69) is 14.1 Å². The molecule has 226 valence electrons. The first kappa shape index (κ1) is 34.7. The fraction of sp³-hybridized carbons (Fsp3) is 0.250. The highest BCUT2D eigenvalue weighted by molar-refractivity contribution is 7.88. The van der Waals surface area contributed by atoms with E-state index in [1.54, 1.807) is 60.9 Å². The molecule has 14 heteroatoms. The van der Waals surface area contributed by atoms with Gasteiger partial charge in [-0.15, -0.1) is 24.8 Å². The number of nitrogen functional groups attached to an aromatic ring is 1. The second kappa shape index (κ2) is 15.6. The number of anilines is 2. The third-order valence-corrected chi connectivity index (χ3v) is 7.88. The smallest absolute Gasteiger partial charge is 0.412 e. The number of nitrogens with zero attached hydrogens (tertiary/aromatic N) is 3. The van der Waals surface area contributed by atoms with Gasteiger partial charge in [0.15, 0.2) is 0 Å². The minimum Gasteiger partial charge on any atom is -0.489 e. The zero-order valence-electron chi connectivity index (χ0n) is 22.7. The zero-order valence-corrected chi connectivity index (χ0v) is 25.9. The topological polar surface area (TPSA) is 139 Å². The van der Waals surface area contributed by atoms with Gasteiger partial charge in [0.1, 0.15) is 17.7 Å².